The molecule has 19 heavy (non-hydrogen) atoms. The Morgan fingerprint density at radius 3 is 2.47 bits per heavy atom. The Morgan fingerprint density at radius 1 is 1.26 bits per heavy atom. The predicted octanol–water partition coefficient (Wildman–Crippen LogP) is 3.35. The van der Waals surface area contributed by atoms with E-state index in [2.05, 4.69) is 49.7 Å². The predicted molar refractivity (Wildman–Crippen MR) is 79.7 cm³/mol. The number of nitrogens with zero attached hydrogens (tertiary/aromatic N) is 3. The second-order valence-electron chi connectivity index (χ2n) is 5.33. The molecule has 0 radical (unpaired) electrons. The number of hydrogen-bond donors (Lipinski definition) is 1. The maximum atomic E-state index is 4.73. The minimum Gasteiger partial charge on any atom is -0.307 e. The van der Waals surface area contributed by atoms with Crippen molar-refractivity contribution >= 4 is 11.3 Å². The standard InChI is InChI=1S/C14H22N4S/c1-9(2)12-8-19-14(17-12)13(15-5)11-6-16-18(7-11)10(3)4/h6-10,13,15H,1-5H3. The minimum absolute atomic E-state index is 0.130. The number of thiazole rings is 1. The quantitative estimate of drug-likeness (QED) is 0.912. The van der Waals surface area contributed by atoms with Crippen molar-refractivity contribution in [3.05, 3.63) is 34.0 Å². The van der Waals surface area contributed by atoms with Gasteiger partial charge in [0.05, 0.1) is 17.9 Å². The molecule has 2 aromatic heterocycles. The second kappa shape index (κ2) is 5.84. The first-order chi connectivity index (χ1) is 9.02. The van der Waals surface area contributed by atoms with Gasteiger partial charge in [0.2, 0.25) is 0 Å². The third-order valence-corrected chi connectivity index (χ3v) is 4.08. The average Bonchev–Trinajstić information content (AvgIpc) is 2.98. The molecule has 0 aliphatic carbocycles. The van der Waals surface area contributed by atoms with Gasteiger partial charge in [-0.15, -0.1) is 11.3 Å². The van der Waals surface area contributed by atoms with Crippen LogP contribution in [0.4, 0.5) is 0 Å². The van der Waals surface area contributed by atoms with Crippen LogP contribution in [0.15, 0.2) is 17.8 Å². The summed E-state index contributed by atoms with van der Waals surface area (Å²) in [6, 6.07) is 0.513. The number of hydrogen-bond acceptors (Lipinski definition) is 4. The molecule has 0 amide bonds. The van der Waals surface area contributed by atoms with E-state index in [0.29, 0.717) is 12.0 Å². The highest BCUT2D eigenvalue weighted by Crippen LogP contribution is 2.27. The molecule has 2 rings (SSSR count). The summed E-state index contributed by atoms with van der Waals surface area (Å²) in [4.78, 5) is 4.73. The smallest absolute Gasteiger partial charge is 0.115 e. The van der Waals surface area contributed by atoms with Crippen molar-refractivity contribution in [1.82, 2.24) is 20.1 Å². The number of nitrogens with one attached hydrogen (secondary N) is 1. The largest absolute Gasteiger partial charge is 0.307 e. The Balaban J connectivity index is 2.27. The fraction of sp³-hybridized carbons (Fsp3) is 0.571. The van der Waals surface area contributed by atoms with Gasteiger partial charge in [0.15, 0.2) is 0 Å². The molecule has 0 bridgehead atoms. The van der Waals surface area contributed by atoms with Crippen LogP contribution in [0.5, 0.6) is 0 Å². The maximum absolute atomic E-state index is 4.73. The van der Waals surface area contributed by atoms with Crippen LogP contribution in [0, 0.1) is 0 Å². The third kappa shape index (κ3) is 3.04. The normalized spacial score (nSPS) is 13.4. The molecular formula is C14H22N4S. The lowest BCUT2D eigenvalue weighted by molar-refractivity contribution is 0.531. The lowest BCUT2D eigenvalue weighted by atomic mass is 10.1. The van der Waals surface area contributed by atoms with Crippen LogP contribution in [0.3, 0.4) is 0 Å². The summed E-state index contributed by atoms with van der Waals surface area (Å²) < 4.78 is 1.98. The molecule has 0 spiro atoms. The van der Waals surface area contributed by atoms with Crippen LogP contribution in [-0.2, 0) is 0 Å². The Labute approximate surface area is 118 Å². The Kier molecular flexibility index (Phi) is 4.37. The summed E-state index contributed by atoms with van der Waals surface area (Å²) in [5.74, 6) is 0.473. The molecule has 0 fully saturated rings. The number of rotatable bonds is 5. The monoisotopic (exact) mass is 278 g/mol. The van der Waals surface area contributed by atoms with Crippen molar-refractivity contribution in [2.24, 2.45) is 0 Å². The first kappa shape index (κ1) is 14.2. The lowest BCUT2D eigenvalue weighted by Gasteiger charge is -2.11. The lowest BCUT2D eigenvalue weighted by Crippen LogP contribution is -2.17. The van der Waals surface area contributed by atoms with Crippen molar-refractivity contribution in [2.75, 3.05) is 7.05 Å². The maximum Gasteiger partial charge on any atom is 0.115 e. The molecule has 0 saturated carbocycles. The molecule has 5 heteroatoms. The first-order valence-electron chi connectivity index (χ1n) is 6.69. The molecule has 0 aliphatic heterocycles. The molecule has 1 N–H and O–H groups in total. The molecule has 0 aromatic carbocycles. The van der Waals surface area contributed by atoms with E-state index in [1.165, 1.54) is 5.56 Å². The molecule has 1 unspecified atom stereocenters. The Bertz CT molecular complexity index is 481. The fourth-order valence-corrected chi connectivity index (χ4v) is 3.03. The summed E-state index contributed by atoms with van der Waals surface area (Å²) in [6.45, 7) is 8.60. The Hall–Kier alpha value is -1.20. The van der Waals surface area contributed by atoms with Crippen molar-refractivity contribution in [1.29, 1.82) is 0 Å². The van der Waals surface area contributed by atoms with Gasteiger partial charge in [-0.3, -0.25) is 4.68 Å². The van der Waals surface area contributed by atoms with Gasteiger partial charge >= 0.3 is 0 Å². The highest BCUT2D eigenvalue weighted by atomic mass is 32.1. The van der Waals surface area contributed by atoms with Gasteiger partial charge in [0, 0.05) is 23.2 Å². The molecular weight excluding hydrogens is 256 g/mol. The van der Waals surface area contributed by atoms with Gasteiger partial charge < -0.3 is 5.32 Å². The van der Waals surface area contributed by atoms with Crippen LogP contribution in [0.2, 0.25) is 0 Å². The van der Waals surface area contributed by atoms with E-state index in [4.69, 9.17) is 4.98 Å². The van der Waals surface area contributed by atoms with E-state index in [1.807, 2.05) is 17.9 Å². The third-order valence-electron chi connectivity index (χ3n) is 3.15. The Morgan fingerprint density at radius 2 is 2.00 bits per heavy atom. The zero-order valence-corrected chi connectivity index (χ0v) is 13.0. The van der Waals surface area contributed by atoms with Gasteiger partial charge in [0.1, 0.15) is 5.01 Å². The molecule has 1 atom stereocenters. The molecule has 2 aromatic rings. The van der Waals surface area contributed by atoms with Gasteiger partial charge in [-0.2, -0.15) is 5.10 Å². The molecule has 104 valence electrons. The van der Waals surface area contributed by atoms with Crippen LogP contribution in [0.25, 0.3) is 0 Å². The summed E-state index contributed by atoms with van der Waals surface area (Å²) in [7, 11) is 1.97. The van der Waals surface area contributed by atoms with Crippen molar-refractivity contribution in [3.63, 3.8) is 0 Å². The summed E-state index contributed by atoms with van der Waals surface area (Å²) >= 11 is 1.71. The molecule has 4 nitrogen and oxygen atoms in total. The van der Waals surface area contributed by atoms with Gasteiger partial charge in [-0.05, 0) is 26.8 Å². The van der Waals surface area contributed by atoms with Crippen LogP contribution < -0.4 is 5.32 Å². The van der Waals surface area contributed by atoms with Gasteiger partial charge in [0.25, 0.3) is 0 Å². The van der Waals surface area contributed by atoms with E-state index in [0.717, 1.165) is 10.7 Å². The van der Waals surface area contributed by atoms with E-state index < -0.39 is 0 Å². The highest BCUT2D eigenvalue weighted by Gasteiger charge is 2.19. The fourth-order valence-electron chi connectivity index (χ4n) is 1.92. The van der Waals surface area contributed by atoms with Crippen molar-refractivity contribution < 1.29 is 0 Å². The van der Waals surface area contributed by atoms with Crippen molar-refractivity contribution in [2.45, 2.75) is 45.7 Å². The van der Waals surface area contributed by atoms with E-state index >= 15 is 0 Å². The first-order valence-corrected chi connectivity index (χ1v) is 7.57. The van der Waals surface area contributed by atoms with Crippen molar-refractivity contribution in [3.8, 4) is 0 Å². The number of aromatic nitrogens is 3. The summed E-state index contributed by atoms with van der Waals surface area (Å²) in [5, 5.41) is 11.0. The van der Waals surface area contributed by atoms with Crippen LogP contribution in [0.1, 0.15) is 62.0 Å². The van der Waals surface area contributed by atoms with Gasteiger partial charge in [-0.25, -0.2) is 4.98 Å². The minimum atomic E-state index is 0.130. The zero-order chi connectivity index (χ0) is 14.0. The van der Waals surface area contributed by atoms with Crippen LogP contribution >= 0.6 is 11.3 Å². The van der Waals surface area contributed by atoms with E-state index in [-0.39, 0.29) is 6.04 Å². The van der Waals surface area contributed by atoms with Gasteiger partial charge in [-0.1, -0.05) is 13.8 Å². The molecule has 0 saturated heterocycles. The van der Waals surface area contributed by atoms with E-state index in [9.17, 15) is 0 Å². The second-order valence-corrected chi connectivity index (χ2v) is 6.22. The summed E-state index contributed by atoms with van der Waals surface area (Å²) in [5.41, 5.74) is 2.33. The summed E-state index contributed by atoms with van der Waals surface area (Å²) in [6.07, 6.45) is 4.03. The average molecular weight is 278 g/mol. The topological polar surface area (TPSA) is 42.7 Å². The molecule has 0 aliphatic rings. The van der Waals surface area contributed by atoms with E-state index in [1.54, 1.807) is 11.3 Å². The highest BCUT2D eigenvalue weighted by molar-refractivity contribution is 7.09. The zero-order valence-electron chi connectivity index (χ0n) is 12.2. The van der Waals surface area contributed by atoms with Crippen LogP contribution in [-0.4, -0.2) is 21.8 Å². The SMILES string of the molecule is CNC(c1cnn(C(C)C)c1)c1nc(C(C)C)cs1. The molecule has 2 heterocycles.